The van der Waals surface area contributed by atoms with Crippen LogP contribution in [0, 0.1) is 11.3 Å². The van der Waals surface area contributed by atoms with Gasteiger partial charge in [-0.3, -0.25) is 4.79 Å². The maximum absolute atomic E-state index is 14.3. The molecule has 0 radical (unpaired) electrons. The SMILES string of the molecule is O=C(c1nc2n(n1)[C@H](c1ccccc1)C[C@@H]2F)C1CC2(C1)CC2(F)F. The Labute approximate surface area is 142 Å². The average molecular weight is 347 g/mol. The molecule has 25 heavy (non-hydrogen) atoms. The highest BCUT2D eigenvalue weighted by Crippen LogP contribution is 2.73. The van der Waals surface area contributed by atoms with Crippen molar-refractivity contribution in [3.05, 3.63) is 47.5 Å². The van der Waals surface area contributed by atoms with E-state index in [2.05, 4.69) is 10.1 Å². The molecule has 3 aliphatic rings. The lowest BCUT2D eigenvalue weighted by molar-refractivity contribution is 0.00511. The Kier molecular flexibility index (Phi) is 2.84. The molecule has 4 nitrogen and oxygen atoms in total. The number of halogens is 3. The maximum atomic E-state index is 14.3. The summed E-state index contributed by atoms with van der Waals surface area (Å²) in [6.45, 7) is 0. The van der Waals surface area contributed by atoms with E-state index in [0.717, 1.165) is 5.56 Å². The molecule has 1 spiro atoms. The highest BCUT2D eigenvalue weighted by molar-refractivity contribution is 5.95. The molecule has 0 N–H and O–H groups in total. The molecule has 7 heteroatoms. The van der Waals surface area contributed by atoms with Crippen molar-refractivity contribution in [1.82, 2.24) is 14.8 Å². The van der Waals surface area contributed by atoms with E-state index in [1.807, 2.05) is 30.3 Å². The van der Waals surface area contributed by atoms with Gasteiger partial charge >= 0.3 is 0 Å². The highest BCUT2D eigenvalue weighted by atomic mass is 19.3. The Morgan fingerprint density at radius 3 is 2.52 bits per heavy atom. The molecule has 0 bridgehead atoms. The van der Waals surface area contributed by atoms with E-state index in [4.69, 9.17) is 0 Å². The van der Waals surface area contributed by atoms with Crippen LogP contribution in [0.4, 0.5) is 13.2 Å². The van der Waals surface area contributed by atoms with E-state index < -0.39 is 23.4 Å². The number of fused-ring (bicyclic) bond motifs is 1. The van der Waals surface area contributed by atoms with Gasteiger partial charge in [-0.15, -0.1) is 5.10 Å². The Morgan fingerprint density at radius 2 is 1.88 bits per heavy atom. The number of hydrogen-bond donors (Lipinski definition) is 0. The molecule has 1 aromatic heterocycles. The van der Waals surface area contributed by atoms with Crippen molar-refractivity contribution in [1.29, 1.82) is 0 Å². The summed E-state index contributed by atoms with van der Waals surface area (Å²) in [6.07, 6.45) is -0.792. The van der Waals surface area contributed by atoms with E-state index in [0.29, 0.717) is 0 Å². The topological polar surface area (TPSA) is 47.8 Å². The number of carbonyl (C=O) groups is 1. The monoisotopic (exact) mass is 347 g/mol. The molecular formula is C18H16F3N3O. The summed E-state index contributed by atoms with van der Waals surface area (Å²) in [4.78, 5) is 16.6. The number of Topliss-reactive ketones (excluding diaryl/α,β-unsaturated/α-hetero) is 1. The van der Waals surface area contributed by atoms with Crippen LogP contribution in [0.3, 0.4) is 0 Å². The largest absolute Gasteiger partial charge is 0.290 e. The minimum absolute atomic E-state index is 0.0397. The summed E-state index contributed by atoms with van der Waals surface area (Å²) in [5, 5.41) is 4.23. The van der Waals surface area contributed by atoms with E-state index in [9.17, 15) is 18.0 Å². The second kappa shape index (κ2) is 4.71. The summed E-state index contributed by atoms with van der Waals surface area (Å²) >= 11 is 0. The van der Waals surface area contributed by atoms with E-state index >= 15 is 0 Å². The van der Waals surface area contributed by atoms with E-state index in [-0.39, 0.29) is 49.2 Å². The normalized spacial score (nSPS) is 34.6. The Morgan fingerprint density at radius 1 is 1.20 bits per heavy atom. The average Bonchev–Trinajstić information content (AvgIpc) is 2.87. The van der Waals surface area contributed by atoms with E-state index in [1.54, 1.807) is 0 Å². The molecule has 0 saturated heterocycles. The maximum Gasteiger partial charge on any atom is 0.254 e. The van der Waals surface area contributed by atoms with Crippen LogP contribution in [0.5, 0.6) is 0 Å². The van der Waals surface area contributed by atoms with Crippen LogP contribution in [-0.4, -0.2) is 26.5 Å². The van der Waals surface area contributed by atoms with Crippen LogP contribution >= 0.6 is 0 Å². The zero-order chi connectivity index (χ0) is 17.4. The summed E-state index contributed by atoms with van der Waals surface area (Å²) < 4.78 is 42.4. The van der Waals surface area contributed by atoms with Gasteiger partial charge < -0.3 is 0 Å². The third-order valence-corrected chi connectivity index (χ3v) is 5.92. The smallest absolute Gasteiger partial charge is 0.254 e. The number of nitrogens with zero attached hydrogens (tertiary/aromatic N) is 3. The quantitative estimate of drug-likeness (QED) is 0.791. The van der Waals surface area contributed by atoms with Crippen LogP contribution < -0.4 is 0 Å². The third kappa shape index (κ3) is 2.04. The molecule has 130 valence electrons. The lowest BCUT2D eigenvalue weighted by Gasteiger charge is -2.33. The molecule has 2 fully saturated rings. The molecular weight excluding hydrogens is 331 g/mol. The predicted octanol–water partition coefficient (Wildman–Crippen LogP) is 3.90. The van der Waals surface area contributed by atoms with Crippen molar-refractivity contribution in [3.63, 3.8) is 0 Å². The zero-order valence-electron chi connectivity index (χ0n) is 13.3. The summed E-state index contributed by atoms with van der Waals surface area (Å²) in [6, 6.07) is 9.10. The minimum Gasteiger partial charge on any atom is -0.290 e. The zero-order valence-corrected chi connectivity index (χ0v) is 13.3. The van der Waals surface area contributed by atoms with Crippen molar-refractivity contribution >= 4 is 5.78 Å². The fourth-order valence-corrected chi connectivity index (χ4v) is 4.31. The van der Waals surface area contributed by atoms with Crippen LogP contribution in [0.15, 0.2) is 30.3 Å². The summed E-state index contributed by atoms with van der Waals surface area (Å²) in [5.41, 5.74) is -0.0571. The molecule has 5 rings (SSSR count). The van der Waals surface area contributed by atoms with Gasteiger partial charge in [-0.05, 0) is 18.4 Å². The molecule has 1 aromatic carbocycles. The lowest BCUT2D eigenvalue weighted by atomic mass is 9.69. The lowest BCUT2D eigenvalue weighted by Crippen LogP contribution is -2.36. The number of benzene rings is 1. The molecule has 0 unspecified atom stereocenters. The van der Waals surface area contributed by atoms with Gasteiger partial charge in [-0.2, -0.15) is 0 Å². The number of carbonyl (C=O) groups excluding carboxylic acids is 1. The number of alkyl halides is 3. The molecule has 2 saturated carbocycles. The first-order valence-electron chi connectivity index (χ1n) is 8.48. The summed E-state index contributed by atoms with van der Waals surface area (Å²) in [5.74, 6) is -3.32. The number of ketones is 1. The fraction of sp³-hybridized carbons (Fsp3) is 0.500. The van der Waals surface area contributed by atoms with Crippen LogP contribution in [0.2, 0.25) is 0 Å². The van der Waals surface area contributed by atoms with Gasteiger partial charge in [0.15, 0.2) is 12.0 Å². The molecule has 0 amide bonds. The van der Waals surface area contributed by atoms with Crippen molar-refractivity contribution < 1.29 is 18.0 Å². The molecule has 2 aromatic rings. The van der Waals surface area contributed by atoms with Gasteiger partial charge in [-0.1, -0.05) is 30.3 Å². The fourth-order valence-electron chi connectivity index (χ4n) is 4.31. The first-order valence-corrected chi connectivity index (χ1v) is 8.48. The third-order valence-electron chi connectivity index (χ3n) is 5.92. The molecule has 1 aliphatic heterocycles. The predicted molar refractivity (Wildman–Crippen MR) is 82.1 cm³/mol. The van der Waals surface area contributed by atoms with Crippen molar-refractivity contribution in [2.24, 2.45) is 11.3 Å². The van der Waals surface area contributed by atoms with Gasteiger partial charge in [0.1, 0.15) is 0 Å². The number of hydrogen-bond acceptors (Lipinski definition) is 3. The van der Waals surface area contributed by atoms with Crippen molar-refractivity contribution in [2.45, 2.75) is 43.8 Å². The first-order chi connectivity index (χ1) is 11.9. The van der Waals surface area contributed by atoms with Crippen LogP contribution in [0.25, 0.3) is 0 Å². The molecule has 2 atom stereocenters. The van der Waals surface area contributed by atoms with Crippen molar-refractivity contribution in [3.8, 4) is 0 Å². The Balaban J connectivity index is 1.39. The first kappa shape index (κ1) is 15.1. The number of rotatable bonds is 3. The highest BCUT2D eigenvalue weighted by Gasteiger charge is 2.76. The van der Waals surface area contributed by atoms with Gasteiger partial charge in [-0.25, -0.2) is 22.8 Å². The molecule has 2 aliphatic carbocycles. The van der Waals surface area contributed by atoms with Gasteiger partial charge in [0.05, 0.1) is 6.04 Å². The number of aromatic nitrogens is 3. The summed E-state index contributed by atoms with van der Waals surface area (Å²) in [7, 11) is 0. The molecule has 2 heterocycles. The van der Waals surface area contributed by atoms with Crippen LogP contribution in [-0.2, 0) is 0 Å². The minimum atomic E-state index is -2.63. The Bertz CT molecular complexity index is 858. The van der Waals surface area contributed by atoms with Gasteiger partial charge in [0, 0.05) is 24.2 Å². The van der Waals surface area contributed by atoms with Gasteiger partial charge in [0.25, 0.3) is 5.92 Å². The Hall–Kier alpha value is -2.18. The van der Waals surface area contributed by atoms with Crippen LogP contribution in [0.1, 0.15) is 59.9 Å². The van der Waals surface area contributed by atoms with Gasteiger partial charge in [0.2, 0.25) is 11.6 Å². The van der Waals surface area contributed by atoms with E-state index in [1.165, 1.54) is 4.68 Å². The second-order valence-corrected chi connectivity index (χ2v) is 7.50. The van der Waals surface area contributed by atoms with Crippen molar-refractivity contribution in [2.75, 3.05) is 0 Å². The standard InChI is InChI=1S/C18H16F3N3O/c19-12-6-13(10-4-2-1-3-5-10)24-16(12)22-15(23-24)14(25)11-7-17(8-11)9-18(17,20)21/h1-5,11-13H,6-9H2/t11?,12-,13-,17?/m0/s1. The second-order valence-electron chi connectivity index (χ2n) is 7.50.